The number of nitrogens with one attached hydrogen (secondary N) is 1. The minimum Gasteiger partial charge on any atom is -0.363 e. The summed E-state index contributed by atoms with van der Waals surface area (Å²) in [5.74, 6) is 0.747. The van der Waals surface area contributed by atoms with Crippen LogP contribution in [0.1, 0.15) is 54.6 Å². The number of nitrogens with zero attached hydrogens (tertiary/aromatic N) is 4. The fourth-order valence-electron chi connectivity index (χ4n) is 3.56. The first-order chi connectivity index (χ1) is 13.2. The van der Waals surface area contributed by atoms with Crippen LogP contribution < -0.4 is 5.32 Å². The predicted molar refractivity (Wildman–Crippen MR) is 104 cm³/mol. The SMILES string of the molecule is CCc1nnc(NCc2ccccc2CN2CCCC2=O)c(C#N)c1CC. The lowest BCUT2D eigenvalue weighted by molar-refractivity contribution is -0.128. The lowest BCUT2D eigenvalue weighted by atomic mass is 10.0. The Hall–Kier alpha value is -2.94. The highest BCUT2D eigenvalue weighted by atomic mass is 16.2. The third-order valence-corrected chi connectivity index (χ3v) is 5.06. The molecule has 27 heavy (non-hydrogen) atoms. The summed E-state index contributed by atoms with van der Waals surface area (Å²) >= 11 is 0. The van der Waals surface area contributed by atoms with Gasteiger partial charge in [-0.2, -0.15) is 10.4 Å². The van der Waals surface area contributed by atoms with Crippen molar-refractivity contribution in [1.29, 1.82) is 5.26 Å². The normalized spacial score (nSPS) is 13.7. The number of carbonyl (C=O) groups is 1. The van der Waals surface area contributed by atoms with Gasteiger partial charge in [-0.15, -0.1) is 5.10 Å². The summed E-state index contributed by atoms with van der Waals surface area (Å²) < 4.78 is 0. The Labute approximate surface area is 160 Å². The molecule has 1 aromatic carbocycles. The molecule has 0 saturated carbocycles. The van der Waals surface area contributed by atoms with Gasteiger partial charge in [0.1, 0.15) is 11.6 Å². The second-order valence-corrected chi connectivity index (χ2v) is 6.71. The van der Waals surface area contributed by atoms with Crippen LogP contribution in [0.15, 0.2) is 24.3 Å². The molecular formula is C21H25N5O. The first-order valence-corrected chi connectivity index (χ1v) is 9.54. The number of hydrogen-bond donors (Lipinski definition) is 1. The molecule has 0 bridgehead atoms. The lowest BCUT2D eigenvalue weighted by Crippen LogP contribution is -2.24. The average molecular weight is 363 g/mol. The fraction of sp³-hybridized carbons (Fsp3) is 0.429. The molecule has 1 fully saturated rings. The number of likely N-dealkylation sites (tertiary alicyclic amines) is 1. The van der Waals surface area contributed by atoms with Gasteiger partial charge in [-0.25, -0.2) is 0 Å². The van der Waals surface area contributed by atoms with Gasteiger partial charge in [0.25, 0.3) is 0 Å². The van der Waals surface area contributed by atoms with Crippen LogP contribution in [0, 0.1) is 11.3 Å². The van der Waals surface area contributed by atoms with Gasteiger partial charge in [0.15, 0.2) is 5.82 Å². The number of hydrogen-bond acceptors (Lipinski definition) is 5. The zero-order valence-corrected chi connectivity index (χ0v) is 16.0. The molecule has 1 aromatic heterocycles. The van der Waals surface area contributed by atoms with Crippen molar-refractivity contribution in [3.05, 3.63) is 52.2 Å². The van der Waals surface area contributed by atoms with E-state index < -0.39 is 0 Å². The van der Waals surface area contributed by atoms with Crippen LogP contribution in [-0.4, -0.2) is 27.5 Å². The molecule has 6 nitrogen and oxygen atoms in total. The van der Waals surface area contributed by atoms with Gasteiger partial charge in [0.2, 0.25) is 5.91 Å². The van der Waals surface area contributed by atoms with E-state index in [0.717, 1.165) is 48.2 Å². The first-order valence-electron chi connectivity index (χ1n) is 9.54. The van der Waals surface area contributed by atoms with E-state index in [-0.39, 0.29) is 5.91 Å². The first kappa shape index (κ1) is 18.8. The number of aryl methyl sites for hydroxylation is 1. The number of anilines is 1. The molecule has 0 radical (unpaired) electrons. The largest absolute Gasteiger partial charge is 0.363 e. The van der Waals surface area contributed by atoms with Gasteiger partial charge in [-0.1, -0.05) is 38.1 Å². The maximum atomic E-state index is 11.9. The standard InChI is InChI=1S/C21H25N5O/c1-3-17-18(12-22)21(25-24-19(17)4-2)23-13-15-8-5-6-9-16(15)14-26-11-7-10-20(26)27/h5-6,8-9H,3-4,7,10-11,13-14H2,1-2H3,(H,23,25). The number of aromatic nitrogens is 2. The molecular weight excluding hydrogens is 338 g/mol. The van der Waals surface area contributed by atoms with Crippen molar-refractivity contribution in [2.45, 2.75) is 52.6 Å². The Kier molecular flexibility index (Phi) is 6.02. The van der Waals surface area contributed by atoms with Crippen LogP contribution in [-0.2, 0) is 30.7 Å². The van der Waals surface area contributed by atoms with E-state index in [2.05, 4.69) is 27.6 Å². The molecule has 0 spiro atoms. The molecule has 0 atom stereocenters. The van der Waals surface area contributed by atoms with Gasteiger partial charge in [0.05, 0.1) is 5.69 Å². The van der Waals surface area contributed by atoms with E-state index in [9.17, 15) is 10.1 Å². The monoisotopic (exact) mass is 363 g/mol. The number of carbonyl (C=O) groups excluding carboxylic acids is 1. The average Bonchev–Trinajstić information content (AvgIpc) is 3.10. The fourth-order valence-corrected chi connectivity index (χ4v) is 3.56. The maximum absolute atomic E-state index is 11.9. The van der Waals surface area contributed by atoms with E-state index in [1.54, 1.807) is 0 Å². The van der Waals surface area contributed by atoms with Crippen molar-refractivity contribution in [3.63, 3.8) is 0 Å². The van der Waals surface area contributed by atoms with E-state index in [4.69, 9.17) is 0 Å². The molecule has 1 saturated heterocycles. The summed E-state index contributed by atoms with van der Waals surface area (Å²) in [4.78, 5) is 13.8. The zero-order chi connectivity index (χ0) is 19.2. The summed E-state index contributed by atoms with van der Waals surface area (Å²) in [7, 11) is 0. The highest BCUT2D eigenvalue weighted by Crippen LogP contribution is 2.22. The Morgan fingerprint density at radius 1 is 1.19 bits per heavy atom. The number of benzene rings is 1. The molecule has 1 amide bonds. The predicted octanol–water partition coefficient (Wildman–Crippen LogP) is 3.21. The number of amides is 1. The topological polar surface area (TPSA) is 81.9 Å². The van der Waals surface area contributed by atoms with E-state index in [0.29, 0.717) is 30.9 Å². The summed E-state index contributed by atoms with van der Waals surface area (Å²) in [5, 5.41) is 21.4. The van der Waals surface area contributed by atoms with Crippen LogP contribution in [0.5, 0.6) is 0 Å². The molecule has 140 valence electrons. The van der Waals surface area contributed by atoms with Crippen LogP contribution in [0.2, 0.25) is 0 Å². The van der Waals surface area contributed by atoms with Crippen molar-refractivity contribution in [2.24, 2.45) is 0 Å². The summed E-state index contributed by atoms with van der Waals surface area (Å²) in [6, 6.07) is 10.4. The molecule has 1 N–H and O–H groups in total. The van der Waals surface area contributed by atoms with Gasteiger partial charge in [0, 0.05) is 26.1 Å². The second kappa shape index (κ2) is 8.63. The van der Waals surface area contributed by atoms with Gasteiger partial charge in [-0.05, 0) is 36.0 Å². The lowest BCUT2D eigenvalue weighted by Gasteiger charge is -2.19. The van der Waals surface area contributed by atoms with Crippen molar-refractivity contribution in [1.82, 2.24) is 15.1 Å². The minimum absolute atomic E-state index is 0.220. The van der Waals surface area contributed by atoms with Crippen molar-refractivity contribution in [2.75, 3.05) is 11.9 Å². The van der Waals surface area contributed by atoms with E-state index in [1.807, 2.05) is 36.9 Å². The van der Waals surface area contributed by atoms with Crippen LogP contribution in [0.3, 0.4) is 0 Å². The second-order valence-electron chi connectivity index (χ2n) is 6.71. The molecule has 0 aliphatic carbocycles. The quantitative estimate of drug-likeness (QED) is 0.817. The van der Waals surface area contributed by atoms with E-state index >= 15 is 0 Å². The Balaban J connectivity index is 1.80. The Bertz CT molecular complexity index is 871. The molecule has 2 aromatic rings. The highest BCUT2D eigenvalue weighted by molar-refractivity contribution is 5.78. The maximum Gasteiger partial charge on any atom is 0.222 e. The molecule has 1 aliphatic rings. The molecule has 0 unspecified atom stereocenters. The summed E-state index contributed by atoms with van der Waals surface area (Å²) in [6.07, 6.45) is 3.09. The van der Waals surface area contributed by atoms with E-state index in [1.165, 1.54) is 0 Å². The van der Waals surface area contributed by atoms with Crippen LogP contribution in [0.4, 0.5) is 5.82 Å². The molecule has 6 heteroatoms. The van der Waals surface area contributed by atoms with Crippen LogP contribution >= 0.6 is 0 Å². The smallest absolute Gasteiger partial charge is 0.222 e. The molecule has 1 aliphatic heterocycles. The Morgan fingerprint density at radius 3 is 2.59 bits per heavy atom. The zero-order valence-electron chi connectivity index (χ0n) is 16.0. The minimum atomic E-state index is 0.220. The van der Waals surface area contributed by atoms with Gasteiger partial charge < -0.3 is 10.2 Å². The third kappa shape index (κ3) is 4.08. The van der Waals surface area contributed by atoms with Gasteiger partial charge >= 0.3 is 0 Å². The summed E-state index contributed by atoms with van der Waals surface area (Å²) in [6.45, 7) is 6.04. The highest BCUT2D eigenvalue weighted by Gasteiger charge is 2.21. The number of nitriles is 1. The van der Waals surface area contributed by atoms with Crippen LogP contribution in [0.25, 0.3) is 0 Å². The van der Waals surface area contributed by atoms with Crippen molar-refractivity contribution in [3.8, 4) is 6.07 Å². The molecule has 2 heterocycles. The summed E-state index contributed by atoms with van der Waals surface area (Å²) in [5.41, 5.74) is 4.64. The Morgan fingerprint density at radius 2 is 1.96 bits per heavy atom. The number of rotatable bonds is 7. The third-order valence-electron chi connectivity index (χ3n) is 5.06. The molecule has 3 rings (SSSR count). The van der Waals surface area contributed by atoms with Gasteiger partial charge in [-0.3, -0.25) is 4.79 Å². The van der Waals surface area contributed by atoms with Crippen molar-refractivity contribution < 1.29 is 4.79 Å². The van der Waals surface area contributed by atoms with Crippen molar-refractivity contribution >= 4 is 11.7 Å².